The number of pyridine rings is 1. The summed E-state index contributed by atoms with van der Waals surface area (Å²) in [4.78, 5) is 15.1. The highest BCUT2D eigenvalue weighted by Crippen LogP contribution is 2.34. The molecular formula is C17H16F3N3O4S. The molecule has 0 unspecified atom stereocenters. The molecule has 1 aromatic carbocycles. The molecule has 28 heavy (non-hydrogen) atoms. The summed E-state index contributed by atoms with van der Waals surface area (Å²) in [6.45, 7) is 0.0263. The summed E-state index contributed by atoms with van der Waals surface area (Å²) in [6.07, 6.45) is -2.54. The third-order valence-electron chi connectivity index (χ3n) is 4.31. The number of halogens is 3. The van der Waals surface area contributed by atoms with Crippen molar-refractivity contribution in [2.24, 2.45) is 0 Å². The molecule has 1 aromatic heterocycles. The normalized spacial score (nSPS) is 15.9. The number of benzene rings is 1. The van der Waals surface area contributed by atoms with Crippen LogP contribution < -0.4 is 11.1 Å². The molecule has 0 aliphatic heterocycles. The number of amides is 1. The maximum atomic E-state index is 12.6. The lowest BCUT2D eigenvalue weighted by Crippen LogP contribution is -2.34. The van der Waals surface area contributed by atoms with Crippen molar-refractivity contribution in [3.63, 3.8) is 0 Å². The van der Waals surface area contributed by atoms with E-state index in [1.165, 1.54) is 0 Å². The van der Waals surface area contributed by atoms with E-state index >= 15 is 0 Å². The lowest BCUT2D eigenvalue weighted by molar-refractivity contribution is -0.137. The Balaban J connectivity index is 1.82. The van der Waals surface area contributed by atoms with E-state index in [1.807, 2.05) is 0 Å². The van der Waals surface area contributed by atoms with Gasteiger partial charge < -0.3 is 16.2 Å². The number of nitrogens with zero attached hydrogens (tertiary/aromatic N) is 1. The average molecular weight is 415 g/mol. The molecule has 0 atom stereocenters. The first-order chi connectivity index (χ1) is 12.9. The number of carbonyl (C=O) groups excluding carboxylic acids is 1. The molecule has 0 bridgehead atoms. The summed E-state index contributed by atoms with van der Waals surface area (Å²) in [7, 11) is -4.17. The third kappa shape index (κ3) is 4.09. The Hall–Kier alpha value is -2.66. The monoisotopic (exact) mass is 415 g/mol. The van der Waals surface area contributed by atoms with Crippen LogP contribution >= 0.6 is 0 Å². The molecule has 1 aliphatic rings. The van der Waals surface area contributed by atoms with Gasteiger partial charge in [0.1, 0.15) is 0 Å². The van der Waals surface area contributed by atoms with E-state index in [4.69, 9.17) is 5.73 Å². The molecule has 4 N–H and O–H groups in total. The second-order valence-electron chi connectivity index (χ2n) is 6.54. The molecule has 1 fully saturated rings. The van der Waals surface area contributed by atoms with Crippen LogP contribution in [0.5, 0.6) is 0 Å². The lowest BCUT2D eigenvalue weighted by atomic mass is 10.2. The van der Waals surface area contributed by atoms with Crippen LogP contribution in [-0.4, -0.2) is 36.6 Å². The van der Waals surface area contributed by atoms with Crippen molar-refractivity contribution >= 4 is 21.4 Å². The number of alkyl halides is 3. The highest BCUT2D eigenvalue weighted by molar-refractivity contribution is 7.91. The number of anilines is 1. The van der Waals surface area contributed by atoms with Gasteiger partial charge in [0.15, 0.2) is 5.69 Å². The highest BCUT2D eigenvalue weighted by atomic mass is 32.2. The SMILES string of the molecule is Nc1cc(S(=O)(=O)c2ccc(C(F)(F)F)cc2)cnc1C(=O)NCC1(O)CC1. The molecule has 1 amide bonds. The predicted molar refractivity (Wildman–Crippen MR) is 92.1 cm³/mol. The Morgan fingerprint density at radius 3 is 2.32 bits per heavy atom. The minimum Gasteiger partial charge on any atom is -0.397 e. The number of sulfone groups is 1. The van der Waals surface area contributed by atoms with Gasteiger partial charge in [-0.2, -0.15) is 13.2 Å². The first-order valence-corrected chi connectivity index (χ1v) is 9.59. The minimum atomic E-state index is -4.59. The number of hydrogen-bond acceptors (Lipinski definition) is 6. The van der Waals surface area contributed by atoms with Crippen molar-refractivity contribution in [1.29, 1.82) is 0 Å². The molecule has 2 aromatic rings. The molecule has 1 heterocycles. The fourth-order valence-electron chi connectivity index (χ4n) is 2.41. The average Bonchev–Trinajstić information content (AvgIpc) is 3.37. The van der Waals surface area contributed by atoms with Gasteiger partial charge in [-0.05, 0) is 43.2 Å². The van der Waals surface area contributed by atoms with Gasteiger partial charge in [-0.3, -0.25) is 4.79 Å². The van der Waals surface area contributed by atoms with E-state index < -0.39 is 33.1 Å². The van der Waals surface area contributed by atoms with Crippen molar-refractivity contribution in [2.45, 2.75) is 34.4 Å². The van der Waals surface area contributed by atoms with Gasteiger partial charge in [0.2, 0.25) is 9.84 Å². The fraction of sp³-hybridized carbons (Fsp3) is 0.294. The minimum absolute atomic E-state index is 0.0263. The van der Waals surface area contributed by atoms with Gasteiger partial charge in [0.05, 0.1) is 26.6 Å². The fourth-order valence-corrected chi connectivity index (χ4v) is 3.65. The third-order valence-corrected chi connectivity index (χ3v) is 6.05. The molecule has 1 aliphatic carbocycles. The van der Waals surface area contributed by atoms with E-state index in [1.54, 1.807) is 0 Å². The summed E-state index contributed by atoms with van der Waals surface area (Å²) in [5.41, 5.74) is 3.41. The standard InChI is InChI=1S/C17H16F3N3O4S/c18-17(19,20)10-1-3-11(4-2-10)28(26,27)12-7-13(21)14(22-8-12)15(24)23-9-16(25)5-6-16/h1-4,7-8,25H,5-6,9,21H2,(H,23,24). The lowest BCUT2D eigenvalue weighted by Gasteiger charge is -2.12. The molecule has 0 radical (unpaired) electrons. The topological polar surface area (TPSA) is 122 Å². The van der Waals surface area contributed by atoms with E-state index in [2.05, 4.69) is 10.3 Å². The maximum absolute atomic E-state index is 12.6. The van der Waals surface area contributed by atoms with E-state index in [-0.39, 0.29) is 27.7 Å². The van der Waals surface area contributed by atoms with Crippen molar-refractivity contribution in [2.75, 3.05) is 12.3 Å². The Kier molecular flexibility index (Phi) is 4.84. The van der Waals surface area contributed by atoms with Crippen molar-refractivity contribution in [1.82, 2.24) is 10.3 Å². The van der Waals surface area contributed by atoms with Gasteiger partial charge >= 0.3 is 6.18 Å². The van der Waals surface area contributed by atoms with Gasteiger partial charge in [0.25, 0.3) is 5.91 Å². The van der Waals surface area contributed by atoms with Crippen molar-refractivity contribution < 1.29 is 31.5 Å². The molecule has 3 rings (SSSR count). The Labute approximate surface area is 158 Å². The van der Waals surface area contributed by atoms with Gasteiger partial charge in [-0.1, -0.05) is 0 Å². The zero-order valence-corrected chi connectivity index (χ0v) is 15.1. The Morgan fingerprint density at radius 1 is 1.21 bits per heavy atom. The number of carbonyl (C=O) groups is 1. The largest absolute Gasteiger partial charge is 0.416 e. The van der Waals surface area contributed by atoms with Crippen LogP contribution in [-0.2, 0) is 16.0 Å². The van der Waals surface area contributed by atoms with Gasteiger partial charge in [-0.15, -0.1) is 0 Å². The second-order valence-corrected chi connectivity index (χ2v) is 8.49. The smallest absolute Gasteiger partial charge is 0.397 e. The number of rotatable bonds is 5. The summed E-state index contributed by atoms with van der Waals surface area (Å²) >= 11 is 0. The summed E-state index contributed by atoms with van der Waals surface area (Å²) in [6, 6.07) is 4.01. The van der Waals surface area contributed by atoms with Crippen LogP contribution in [0.3, 0.4) is 0 Å². The number of nitrogens with one attached hydrogen (secondary N) is 1. The molecule has 1 saturated carbocycles. The van der Waals surface area contributed by atoms with E-state index in [9.17, 15) is 31.5 Å². The molecule has 0 spiro atoms. The predicted octanol–water partition coefficient (Wildman–Crippen LogP) is 1.77. The zero-order chi connectivity index (χ0) is 20.7. The number of aromatic nitrogens is 1. The van der Waals surface area contributed by atoms with Crippen LogP contribution in [0.4, 0.5) is 18.9 Å². The number of nitrogen functional groups attached to an aromatic ring is 1. The zero-order valence-electron chi connectivity index (χ0n) is 14.3. The summed E-state index contributed by atoms with van der Waals surface area (Å²) < 4.78 is 63.0. The van der Waals surface area contributed by atoms with Crippen LogP contribution in [0.1, 0.15) is 28.9 Å². The molecule has 0 saturated heterocycles. The van der Waals surface area contributed by atoms with Gasteiger partial charge in [-0.25, -0.2) is 13.4 Å². The highest BCUT2D eigenvalue weighted by Gasteiger charge is 2.40. The number of aliphatic hydroxyl groups is 1. The second kappa shape index (κ2) is 6.74. The quantitative estimate of drug-likeness (QED) is 0.684. The number of nitrogens with two attached hydrogens (primary N) is 1. The van der Waals surface area contributed by atoms with E-state index in [0.717, 1.165) is 24.4 Å². The Bertz CT molecular complexity index is 1020. The summed E-state index contributed by atoms with van der Waals surface area (Å²) in [5.74, 6) is -0.670. The van der Waals surface area contributed by atoms with E-state index in [0.29, 0.717) is 25.0 Å². The molecular weight excluding hydrogens is 399 g/mol. The Morgan fingerprint density at radius 2 is 1.82 bits per heavy atom. The molecule has 7 nitrogen and oxygen atoms in total. The van der Waals surface area contributed by atoms with Gasteiger partial charge in [0, 0.05) is 12.7 Å². The summed E-state index contributed by atoms with van der Waals surface area (Å²) in [5, 5.41) is 12.2. The first-order valence-electron chi connectivity index (χ1n) is 8.11. The van der Waals surface area contributed by atoms with Crippen molar-refractivity contribution in [3.8, 4) is 0 Å². The van der Waals surface area contributed by atoms with Crippen LogP contribution in [0, 0.1) is 0 Å². The first kappa shape index (κ1) is 20.1. The number of hydrogen-bond donors (Lipinski definition) is 3. The molecule has 11 heteroatoms. The maximum Gasteiger partial charge on any atom is 0.416 e. The van der Waals surface area contributed by atoms with Crippen LogP contribution in [0.2, 0.25) is 0 Å². The van der Waals surface area contributed by atoms with Crippen LogP contribution in [0.25, 0.3) is 0 Å². The molecule has 150 valence electrons. The van der Waals surface area contributed by atoms with Crippen molar-refractivity contribution in [3.05, 3.63) is 47.8 Å². The van der Waals surface area contributed by atoms with Crippen LogP contribution in [0.15, 0.2) is 46.3 Å².